The van der Waals surface area contributed by atoms with Crippen LogP contribution in [-0.2, 0) is 27.9 Å². The SMILES string of the molecule is Cc1ccc(C(=O)c2ccc(CC(=O)N[C@@H](CC(=O)O)C(=O)O)n2C)cc1. The van der Waals surface area contributed by atoms with E-state index in [1.54, 1.807) is 35.9 Å². The maximum Gasteiger partial charge on any atom is 0.326 e. The molecule has 0 spiro atoms. The lowest BCUT2D eigenvalue weighted by atomic mass is 10.1. The molecule has 0 bridgehead atoms. The lowest BCUT2D eigenvalue weighted by Gasteiger charge is -2.13. The summed E-state index contributed by atoms with van der Waals surface area (Å²) in [6, 6.07) is 8.80. The number of hydrogen-bond donors (Lipinski definition) is 3. The molecule has 0 radical (unpaired) electrons. The molecule has 1 aromatic carbocycles. The van der Waals surface area contributed by atoms with Crippen molar-refractivity contribution in [1.82, 2.24) is 9.88 Å². The van der Waals surface area contributed by atoms with Gasteiger partial charge in [-0.3, -0.25) is 14.4 Å². The third-order valence-corrected chi connectivity index (χ3v) is 4.13. The Kier molecular flexibility index (Phi) is 6.12. The number of carbonyl (C=O) groups is 4. The average Bonchev–Trinajstić information content (AvgIpc) is 2.94. The van der Waals surface area contributed by atoms with Crippen molar-refractivity contribution < 1.29 is 29.4 Å². The van der Waals surface area contributed by atoms with Crippen LogP contribution in [0, 0.1) is 6.92 Å². The normalized spacial score (nSPS) is 11.6. The van der Waals surface area contributed by atoms with Crippen LogP contribution in [0.3, 0.4) is 0 Å². The smallest absolute Gasteiger partial charge is 0.326 e. The van der Waals surface area contributed by atoms with Crippen LogP contribution < -0.4 is 5.32 Å². The summed E-state index contributed by atoms with van der Waals surface area (Å²) >= 11 is 0. The van der Waals surface area contributed by atoms with E-state index in [9.17, 15) is 19.2 Å². The Morgan fingerprint density at radius 1 is 1.04 bits per heavy atom. The Hall–Kier alpha value is -3.42. The summed E-state index contributed by atoms with van der Waals surface area (Å²) in [5.41, 5.74) is 2.44. The summed E-state index contributed by atoms with van der Waals surface area (Å²) in [5, 5.41) is 19.9. The van der Waals surface area contributed by atoms with E-state index >= 15 is 0 Å². The summed E-state index contributed by atoms with van der Waals surface area (Å²) in [5.74, 6) is -3.59. The van der Waals surface area contributed by atoms with Gasteiger partial charge in [-0.2, -0.15) is 0 Å². The number of nitrogens with zero attached hydrogens (tertiary/aromatic N) is 1. The van der Waals surface area contributed by atoms with Crippen LogP contribution in [0.2, 0.25) is 0 Å². The van der Waals surface area contributed by atoms with E-state index in [4.69, 9.17) is 10.2 Å². The van der Waals surface area contributed by atoms with Gasteiger partial charge in [0.1, 0.15) is 6.04 Å². The van der Waals surface area contributed by atoms with Crippen LogP contribution in [-0.4, -0.2) is 44.5 Å². The van der Waals surface area contributed by atoms with Crippen LogP contribution in [0.5, 0.6) is 0 Å². The van der Waals surface area contributed by atoms with E-state index in [-0.39, 0.29) is 12.2 Å². The lowest BCUT2D eigenvalue weighted by Crippen LogP contribution is -2.43. The van der Waals surface area contributed by atoms with Crippen LogP contribution in [0.15, 0.2) is 36.4 Å². The first kappa shape index (κ1) is 19.9. The van der Waals surface area contributed by atoms with Gasteiger partial charge in [0.15, 0.2) is 0 Å². The van der Waals surface area contributed by atoms with Crippen LogP contribution in [0.1, 0.15) is 33.7 Å². The van der Waals surface area contributed by atoms with Crippen molar-refractivity contribution in [2.45, 2.75) is 25.8 Å². The Morgan fingerprint density at radius 3 is 2.22 bits per heavy atom. The van der Waals surface area contributed by atoms with Gasteiger partial charge in [-0.25, -0.2) is 4.79 Å². The summed E-state index contributed by atoms with van der Waals surface area (Å²) in [6.07, 6.45) is -0.896. The molecule has 1 aromatic heterocycles. The first-order valence-corrected chi connectivity index (χ1v) is 8.19. The van der Waals surface area contributed by atoms with Crippen molar-refractivity contribution in [2.75, 3.05) is 0 Å². The van der Waals surface area contributed by atoms with E-state index < -0.39 is 30.3 Å². The monoisotopic (exact) mass is 372 g/mol. The number of benzene rings is 1. The highest BCUT2D eigenvalue weighted by atomic mass is 16.4. The van der Waals surface area contributed by atoms with Gasteiger partial charge in [-0.15, -0.1) is 0 Å². The maximum atomic E-state index is 12.6. The van der Waals surface area contributed by atoms with Crippen molar-refractivity contribution in [1.29, 1.82) is 0 Å². The molecule has 2 aromatic rings. The molecule has 0 aliphatic heterocycles. The van der Waals surface area contributed by atoms with E-state index in [1.807, 2.05) is 19.1 Å². The third kappa shape index (κ3) is 5.04. The number of aryl methyl sites for hydroxylation is 1. The quantitative estimate of drug-likeness (QED) is 0.597. The summed E-state index contributed by atoms with van der Waals surface area (Å²) < 4.78 is 1.56. The molecular formula is C19H20N2O6. The number of nitrogens with one attached hydrogen (secondary N) is 1. The van der Waals surface area contributed by atoms with Gasteiger partial charge < -0.3 is 20.1 Å². The number of hydrogen-bond acceptors (Lipinski definition) is 4. The number of ketones is 1. The van der Waals surface area contributed by atoms with E-state index in [1.165, 1.54) is 0 Å². The van der Waals surface area contributed by atoms with Crippen molar-refractivity contribution >= 4 is 23.6 Å². The predicted molar refractivity (Wildman–Crippen MR) is 95.5 cm³/mol. The Balaban J connectivity index is 2.11. The fourth-order valence-corrected chi connectivity index (χ4v) is 2.60. The number of aromatic nitrogens is 1. The Labute approximate surface area is 155 Å². The van der Waals surface area contributed by atoms with Crippen molar-refractivity contribution in [3.63, 3.8) is 0 Å². The first-order chi connectivity index (χ1) is 12.7. The molecule has 1 atom stereocenters. The molecule has 2 rings (SSSR count). The first-order valence-electron chi connectivity index (χ1n) is 8.19. The zero-order chi connectivity index (χ0) is 20.1. The van der Waals surface area contributed by atoms with E-state index in [0.29, 0.717) is 17.0 Å². The molecule has 1 heterocycles. The maximum absolute atomic E-state index is 12.6. The molecule has 0 aliphatic rings. The van der Waals surface area contributed by atoms with Gasteiger partial charge in [-0.05, 0) is 19.1 Å². The second-order valence-corrected chi connectivity index (χ2v) is 6.20. The molecule has 0 saturated heterocycles. The zero-order valence-corrected chi connectivity index (χ0v) is 14.9. The summed E-state index contributed by atoms with van der Waals surface area (Å²) in [6.45, 7) is 1.92. The number of carboxylic acid groups (broad SMARTS) is 2. The molecule has 0 fully saturated rings. The van der Waals surface area contributed by atoms with Gasteiger partial charge in [0, 0.05) is 18.3 Å². The predicted octanol–water partition coefficient (Wildman–Crippen LogP) is 1.15. The number of rotatable bonds is 8. The van der Waals surface area contributed by atoms with Crippen molar-refractivity contribution in [3.8, 4) is 0 Å². The Bertz CT molecular complexity index is 882. The molecule has 0 saturated carbocycles. The van der Waals surface area contributed by atoms with Gasteiger partial charge >= 0.3 is 11.9 Å². The van der Waals surface area contributed by atoms with Crippen LogP contribution in [0.4, 0.5) is 0 Å². The highest BCUT2D eigenvalue weighted by Crippen LogP contribution is 2.14. The summed E-state index contributed by atoms with van der Waals surface area (Å²) in [4.78, 5) is 46.4. The van der Waals surface area contributed by atoms with Crippen molar-refractivity contribution in [2.24, 2.45) is 7.05 Å². The number of carboxylic acids is 2. The molecule has 1 amide bonds. The fraction of sp³-hybridized carbons (Fsp3) is 0.263. The van der Waals surface area contributed by atoms with Crippen LogP contribution in [0.25, 0.3) is 0 Å². The molecule has 0 aliphatic carbocycles. The molecule has 27 heavy (non-hydrogen) atoms. The second kappa shape index (κ2) is 8.31. The minimum absolute atomic E-state index is 0.179. The molecule has 8 heteroatoms. The minimum Gasteiger partial charge on any atom is -0.481 e. The zero-order valence-electron chi connectivity index (χ0n) is 14.9. The van der Waals surface area contributed by atoms with Gasteiger partial charge in [0.2, 0.25) is 11.7 Å². The van der Waals surface area contributed by atoms with Crippen molar-refractivity contribution in [3.05, 3.63) is 58.9 Å². The molecule has 8 nitrogen and oxygen atoms in total. The Morgan fingerprint density at radius 2 is 1.67 bits per heavy atom. The van der Waals surface area contributed by atoms with E-state index in [2.05, 4.69) is 5.32 Å². The highest BCUT2D eigenvalue weighted by molar-refractivity contribution is 6.08. The molecular weight excluding hydrogens is 352 g/mol. The van der Waals surface area contributed by atoms with Gasteiger partial charge in [-0.1, -0.05) is 29.8 Å². The fourth-order valence-electron chi connectivity index (χ4n) is 2.60. The third-order valence-electron chi connectivity index (χ3n) is 4.13. The molecule has 0 unspecified atom stereocenters. The van der Waals surface area contributed by atoms with E-state index in [0.717, 1.165) is 5.56 Å². The molecule has 142 valence electrons. The second-order valence-electron chi connectivity index (χ2n) is 6.20. The highest BCUT2D eigenvalue weighted by Gasteiger charge is 2.24. The van der Waals surface area contributed by atoms with Gasteiger partial charge in [0.05, 0.1) is 18.5 Å². The largest absolute Gasteiger partial charge is 0.481 e. The number of aliphatic carboxylic acids is 2. The van der Waals surface area contributed by atoms with Crippen LogP contribution >= 0.6 is 0 Å². The average molecular weight is 372 g/mol. The number of carbonyl (C=O) groups excluding carboxylic acids is 2. The minimum atomic E-state index is -1.51. The summed E-state index contributed by atoms with van der Waals surface area (Å²) in [7, 11) is 1.63. The number of amides is 1. The topological polar surface area (TPSA) is 126 Å². The van der Waals surface area contributed by atoms with Gasteiger partial charge in [0.25, 0.3) is 0 Å². The lowest BCUT2D eigenvalue weighted by molar-refractivity contribution is -0.147. The molecule has 3 N–H and O–H groups in total. The standard InChI is InChI=1S/C19H20N2O6/c1-11-3-5-12(6-4-11)18(25)15-8-7-13(21(15)2)9-16(22)20-14(19(26)27)10-17(23)24/h3-8,14H,9-10H2,1-2H3,(H,20,22)(H,23,24)(H,26,27)/t14-/m0/s1.